The highest BCUT2D eigenvalue weighted by Crippen LogP contribution is 2.41. The van der Waals surface area contributed by atoms with Crippen molar-refractivity contribution in [1.82, 2.24) is 0 Å². The highest BCUT2D eigenvalue weighted by molar-refractivity contribution is 7.17. The van der Waals surface area contributed by atoms with Gasteiger partial charge in [0.05, 0.1) is 26.4 Å². The Kier molecular flexibility index (Phi) is 24.7. The van der Waals surface area contributed by atoms with Gasteiger partial charge >= 0.3 is 0 Å². The van der Waals surface area contributed by atoms with E-state index >= 15 is 13.2 Å². The van der Waals surface area contributed by atoms with Gasteiger partial charge in [-0.25, -0.2) is 30.7 Å². The van der Waals surface area contributed by atoms with E-state index in [4.69, 9.17) is 52.1 Å². The molecule has 10 aromatic rings. The molecule has 541 valence electrons. The van der Waals surface area contributed by atoms with Gasteiger partial charge in [0.25, 0.3) is 20.1 Å². The number of benzene rings is 10. The normalized spacial score (nSPS) is 17.5. The Morgan fingerprint density at radius 3 is 0.879 bits per heavy atom. The van der Waals surface area contributed by atoms with Crippen molar-refractivity contribution in [2.24, 2.45) is 0 Å². The van der Waals surface area contributed by atoms with Crippen LogP contribution < -0.4 is 82.3 Å². The molecule has 0 aliphatic carbocycles. The Balaban J connectivity index is 0.000000134. The molecule has 0 saturated carbocycles. The minimum Gasteiger partial charge on any atom is -0.508 e. The summed E-state index contributed by atoms with van der Waals surface area (Å²) >= 11 is 0. The molecular formula is C80H70B6F7O14. The Morgan fingerprint density at radius 2 is 0.598 bits per heavy atom. The van der Waals surface area contributed by atoms with Crippen LogP contribution in [0.1, 0.15) is 77.0 Å². The van der Waals surface area contributed by atoms with Crippen LogP contribution in [-0.4, -0.2) is 110 Å². The van der Waals surface area contributed by atoms with Crippen LogP contribution in [0.4, 0.5) is 30.7 Å². The van der Waals surface area contributed by atoms with Crippen LogP contribution >= 0.6 is 0 Å². The van der Waals surface area contributed by atoms with Crippen molar-refractivity contribution in [3.8, 4) is 74.7 Å². The highest BCUT2D eigenvalue weighted by atomic mass is 19.2. The maximum absolute atomic E-state index is 16.2. The van der Waals surface area contributed by atoms with Crippen molar-refractivity contribution in [2.75, 3.05) is 26.4 Å². The molecule has 3 N–H and O–H groups in total. The minimum atomic E-state index is -1.59. The van der Waals surface area contributed by atoms with Gasteiger partial charge in [0, 0.05) is 103 Å². The molecule has 7 aliphatic heterocycles. The molecule has 4 saturated heterocycles. The lowest BCUT2D eigenvalue weighted by atomic mass is 9.34. The van der Waals surface area contributed by atoms with Gasteiger partial charge in [-0.3, -0.25) is 0 Å². The highest BCUT2D eigenvalue weighted by Gasteiger charge is 2.47. The van der Waals surface area contributed by atoms with Crippen LogP contribution in [0.5, 0.6) is 74.7 Å². The number of phenolic OH excluding ortho intramolecular Hbond substituents is 3. The lowest BCUT2D eigenvalue weighted by Crippen LogP contribution is -2.59. The summed E-state index contributed by atoms with van der Waals surface area (Å²) in [6.07, 6.45) is 8.22. The lowest BCUT2D eigenvalue weighted by molar-refractivity contribution is -0.106. The van der Waals surface area contributed by atoms with E-state index in [1.807, 2.05) is 54.6 Å². The molecule has 14 nitrogen and oxygen atoms in total. The summed E-state index contributed by atoms with van der Waals surface area (Å²) in [6.45, 7) is -0.545. The maximum Gasteiger partial charge on any atom is 0.270 e. The van der Waals surface area contributed by atoms with Gasteiger partial charge in [-0.05, 0) is 173 Å². The molecule has 0 amide bonds. The quantitative estimate of drug-likeness (QED) is 0.0696. The van der Waals surface area contributed by atoms with Gasteiger partial charge in [-0.1, -0.05) is 60.7 Å². The first-order chi connectivity index (χ1) is 52.2. The van der Waals surface area contributed by atoms with E-state index in [1.54, 1.807) is 30.3 Å². The van der Waals surface area contributed by atoms with Crippen molar-refractivity contribution >= 4 is 91.8 Å². The molecule has 17 rings (SSSR count). The van der Waals surface area contributed by atoms with E-state index in [0.29, 0.717) is 44.8 Å². The minimum absolute atomic E-state index is 0.0456. The number of ether oxygens (including phenoxy) is 11. The number of hydrogen-bond donors (Lipinski definition) is 3. The predicted molar refractivity (Wildman–Crippen MR) is 397 cm³/mol. The second-order valence-electron chi connectivity index (χ2n) is 25.9. The summed E-state index contributed by atoms with van der Waals surface area (Å²) in [6, 6.07) is 47.3. The summed E-state index contributed by atoms with van der Waals surface area (Å²) < 4.78 is 170. The summed E-state index contributed by atoms with van der Waals surface area (Å²) in [4.78, 5) is 0. The van der Waals surface area contributed by atoms with Crippen molar-refractivity contribution in [1.29, 1.82) is 0 Å². The summed E-state index contributed by atoms with van der Waals surface area (Å²) in [5.74, 6) is -0.692. The molecule has 4 fully saturated rings. The Hall–Kier alpha value is -10.1. The van der Waals surface area contributed by atoms with Gasteiger partial charge in [0.1, 0.15) is 115 Å². The van der Waals surface area contributed by atoms with Crippen molar-refractivity contribution in [3.63, 3.8) is 0 Å². The Bertz CT molecular complexity index is 4200. The molecule has 0 bridgehead atoms. The van der Waals surface area contributed by atoms with E-state index in [9.17, 15) is 32.9 Å². The number of phenols is 3. The van der Waals surface area contributed by atoms with Gasteiger partial charge < -0.3 is 67.4 Å². The van der Waals surface area contributed by atoms with Gasteiger partial charge in [0.2, 0.25) is 0 Å². The topological polar surface area (TPSA) is 162 Å². The van der Waals surface area contributed by atoms with Gasteiger partial charge in [-0.15, -0.1) is 0 Å². The lowest BCUT2D eigenvalue weighted by Gasteiger charge is -2.37. The van der Waals surface area contributed by atoms with Crippen LogP contribution in [0.15, 0.2) is 188 Å². The van der Waals surface area contributed by atoms with Crippen molar-refractivity contribution in [3.05, 3.63) is 229 Å². The van der Waals surface area contributed by atoms with E-state index in [1.165, 1.54) is 66.7 Å². The van der Waals surface area contributed by atoms with Crippen LogP contribution in [0, 0.1) is 40.7 Å². The molecule has 4 unspecified atom stereocenters. The predicted octanol–water partition coefficient (Wildman–Crippen LogP) is 11.2. The third-order valence-electron chi connectivity index (χ3n) is 18.9. The smallest absolute Gasteiger partial charge is 0.270 e. The first-order valence-electron chi connectivity index (χ1n) is 35.5. The molecule has 27 heteroatoms. The Labute approximate surface area is 619 Å². The molecule has 0 spiro atoms. The van der Waals surface area contributed by atoms with E-state index in [-0.39, 0.29) is 52.5 Å². The zero-order valence-electron chi connectivity index (χ0n) is 58.0. The molecule has 4 atom stereocenters. The largest absolute Gasteiger partial charge is 0.508 e. The van der Waals surface area contributed by atoms with E-state index in [0.717, 1.165) is 159 Å². The molecule has 107 heavy (non-hydrogen) atoms. The second kappa shape index (κ2) is 35.1. The molecule has 7 heterocycles. The fraction of sp³-hybridized carbons (Fsp3) is 0.250. The second-order valence-corrected chi connectivity index (χ2v) is 25.9. The van der Waals surface area contributed by atoms with Crippen LogP contribution in [-0.2, 0) is 18.9 Å². The van der Waals surface area contributed by atoms with Gasteiger partial charge in [0.15, 0.2) is 25.2 Å². The first-order valence-corrected chi connectivity index (χ1v) is 35.5. The number of aromatic hydroxyl groups is 3. The first kappa shape index (κ1) is 75.2. The number of hydrogen-bond acceptors (Lipinski definition) is 14. The number of rotatable bonds is 14. The van der Waals surface area contributed by atoms with Gasteiger partial charge in [-0.2, -0.15) is 0 Å². The van der Waals surface area contributed by atoms with Crippen molar-refractivity contribution < 1.29 is 98.2 Å². The zero-order valence-corrected chi connectivity index (χ0v) is 58.0. The molecule has 0 aromatic heterocycles. The SMILES string of the molecule is Fc1cccc(OC2CCCCO2)c1.Fc1cccc(OC2CCCCO2)c1B(c1c(F)cccc1OC1CCCCO1)c1c(F)cccc1OC1CCCCO1.Oc1cccc(F)c1B(c1c(O)cccc1F)c1c(O)cccc1F.[B][B][B].c1cc2c3c(c1)Oc1cccc4c1B3c1c(cccc1O4)O2. The van der Waals surface area contributed by atoms with Crippen LogP contribution in [0.25, 0.3) is 0 Å². The third-order valence-corrected chi connectivity index (χ3v) is 18.9. The molecular weight excluding hydrogens is 1380 g/mol. The van der Waals surface area contributed by atoms with Crippen LogP contribution in [0.3, 0.4) is 0 Å². The maximum atomic E-state index is 16.2. The van der Waals surface area contributed by atoms with E-state index < -0.39 is 101 Å². The summed E-state index contributed by atoms with van der Waals surface area (Å²) in [7, 11) is 10.0. The standard InChI is InChI=1S/C33H36BF3O6.C18H12BF3O3.C18H9BO3.C11H13FO2.B3/c35-22-10-7-13-25(41-28-16-1-4-19-38-28)31(22)34(32-23(36)11-8-14-26(32)42-29-17-2-5-20-39-29)33-24(37)12-9-15-27(33)43-30-18-3-6-21-40-30;20-10-4-1-7-13(23)16(10)19(17-11(21)5-2-8-14(17)24)18-12(22)6-3-9-15(18)25;1-4-10-16-11(5-1)21-13-7-3-9-15-18(13)19(16)17-12(20-10)6-2-8-14(17)22-15;12-9-4-3-5-10(8-9)14-11-6-1-2-7-13-11;1-3-2/h7-15,28-30H,1-6,16-21H2;1-9,23-25H;1-9H;3-5,8,11H,1-2,6-7H2;. The number of halogens is 7. The van der Waals surface area contributed by atoms with Crippen molar-refractivity contribution in [2.45, 2.75) is 102 Å². The van der Waals surface area contributed by atoms with Crippen LogP contribution in [0.2, 0.25) is 0 Å². The molecule has 7 aliphatic rings. The average Bonchev–Trinajstić information content (AvgIpc) is 0.707. The summed E-state index contributed by atoms with van der Waals surface area (Å²) in [5.41, 5.74) is 1.80. The zero-order chi connectivity index (χ0) is 74.5. The Morgan fingerprint density at radius 1 is 0.336 bits per heavy atom. The molecule has 10 aromatic carbocycles. The molecule has 5 radical (unpaired) electrons. The fourth-order valence-corrected chi connectivity index (χ4v) is 14.1. The van der Waals surface area contributed by atoms with E-state index in [2.05, 4.69) is 15.5 Å². The fourth-order valence-electron chi connectivity index (χ4n) is 14.1. The monoisotopic (exact) mass is 1450 g/mol. The summed E-state index contributed by atoms with van der Waals surface area (Å²) in [5, 5.41) is 30.3. The third kappa shape index (κ3) is 17.2. The average molecular weight is 1450 g/mol.